The zero-order valence-electron chi connectivity index (χ0n) is 9.14. The molecule has 0 aliphatic rings. The van der Waals surface area contributed by atoms with Crippen LogP contribution >= 0.6 is 7.60 Å². The van der Waals surface area contributed by atoms with Gasteiger partial charge < -0.3 is 9.42 Å². The van der Waals surface area contributed by atoms with Crippen LogP contribution in [-0.4, -0.2) is 11.5 Å². The molecule has 0 spiro atoms. The number of aryl methyl sites for hydroxylation is 1. The van der Waals surface area contributed by atoms with Crippen molar-refractivity contribution < 1.29 is 14.0 Å². The van der Waals surface area contributed by atoms with Gasteiger partial charge in [0.1, 0.15) is 0 Å². The van der Waals surface area contributed by atoms with E-state index in [-0.39, 0.29) is 6.61 Å². The lowest BCUT2D eigenvalue weighted by Gasteiger charge is -2.14. The fourth-order valence-electron chi connectivity index (χ4n) is 1.51. The average molecular weight is 228 g/mol. The van der Waals surface area contributed by atoms with Crippen LogP contribution < -0.4 is 5.30 Å². The van der Waals surface area contributed by atoms with Crippen LogP contribution in [0.5, 0.6) is 0 Å². The summed E-state index contributed by atoms with van der Waals surface area (Å²) in [7, 11) is -3.61. The molecular formula is C11H17O3P. The second kappa shape index (κ2) is 5.45. The van der Waals surface area contributed by atoms with E-state index < -0.39 is 7.60 Å². The maximum absolute atomic E-state index is 11.8. The van der Waals surface area contributed by atoms with Gasteiger partial charge in [0.05, 0.1) is 11.9 Å². The Morgan fingerprint density at radius 3 is 2.60 bits per heavy atom. The van der Waals surface area contributed by atoms with Crippen LogP contribution in [0.2, 0.25) is 0 Å². The van der Waals surface area contributed by atoms with Gasteiger partial charge in [0.25, 0.3) is 0 Å². The zero-order chi connectivity index (χ0) is 11.3. The molecule has 1 rings (SSSR count). The molecule has 0 saturated heterocycles. The molecule has 0 saturated carbocycles. The van der Waals surface area contributed by atoms with E-state index in [2.05, 4.69) is 0 Å². The highest BCUT2D eigenvalue weighted by Gasteiger charge is 2.24. The molecule has 1 unspecified atom stereocenters. The van der Waals surface area contributed by atoms with Gasteiger partial charge in [-0.2, -0.15) is 0 Å². The van der Waals surface area contributed by atoms with Crippen LogP contribution in [0.25, 0.3) is 0 Å². The second-order valence-corrected chi connectivity index (χ2v) is 5.10. The highest BCUT2D eigenvalue weighted by molar-refractivity contribution is 7.61. The highest BCUT2D eigenvalue weighted by atomic mass is 31.2. The largest absolute Gasteiger partial charge is 0.359 e. The van der Waals surface area contributed by atoms with E-state index >= 15 is 0 Å². The van der Waals surface area contributed by atoms with E-state index in [1.807, 2.05) is 19.1 Å². The molecular weight excluding hydrogens is 211 g/mol. The van der Waals surface area contributed by atoms with Gasteiger partial charge in [0.2, 0.25) is 0 Å². The molecule has 0 aliphatic heterocycles. The summed E-state index contributed by atoms with van der Waals surface area (Å²) in [5, 5.41) is 0.439. The molecule has 1 aromatic carbocycles. The summed E-state index contributed by atoms with van der Waals surface area (Å²) in [6.07, 6.45) is 1.75. The summed E-state index contributed by atoms with van der Waals surface area (Å²) in [6.45, 7) is 4.00. The highest BCUT2D eigenvalue weighted by Crippen LogP contribution is 2.41. The fourth-order valence-corrected chi connectivity index (χ4v) is 2.82. The molecule has 84 valence electrons. The van der Waals surface area contributed by atoms with Crippen molar-refractivity contribution in [1.29, 1.82) is 0 Å². The first-order valence-electron chi connectivity index (χ1n) is 5.17. The molecule has 0 aromatic heterocycles. The lowest BCUT2D eigenvalue weighted by molar-refractivity contribution is 0.284. The Morgan fingerprint density at radius 1 is 1.33 bits per heavy atom. The lowest BCUT2D eigenvalue weighted by Crippen LogP contribution is -2.12. The van der Waals surface area contributed by atoms with E-state index in [0.717, 1.165) is 18.4 Å². The smallest absolute Gasteiger partial charge is 0.321 e. The van der Waals surface area contributed by atoms with Gasteiger partial charge >= 0.3 is 7.60 Å². The molecule has 0 aliphatic carbocycles. The average Bonchev–Trinajstić information content (AvgIpc) is 2.19. The van der Waals surface area contributed by atoms with Crippen LogP contribution in [0, 0.1) is 0 Å². The topological polar surface area (TPSA) is 46.5 Å². The lowest BCUT2D eigenvalue weighted by atomic mass is 10.1. The maximum Gasteiger partial charge on any atom is 0.359 e. The van der Waals surface area contributed by atoms with E-state index in [0.29, 0.717) is 5.30 Å². The zero-order valence-corrected chi connectivity index (χ0v) is 10.0. The predicted molar refractivity (Wildman–Crippen MR) is 61.5 cm³/mol. The predicted octanol–water partition coefficient (Wildman–Crippen LogP) is 2.49. The quantitative estimate of drug-likeness (QED) is 0.787. The van der Waals surface area contributed by atoms with Crippen molar-refractivity contribution in [2.75, 3.05) is 6.61 Å². The Labute approximate surface area is 90.6 Å². The van der Waals surface area contributed by atoms with E-state index in [9.17, 15) is 9.46 Å². The Kier molecular flexibility index (Phi) is 4.52. The maximum atomic E-state index is 11.8. The summed E-state index contributed by atoms with van der Waals surface area (Å²) in [4.78, 5) is 9.73. The van der Waals surface area contributed by atoms with Crippen molar-refractivity contribution in [3.05, 3.63) is 29.8 Å². The Hall–Kier alpha value is -0.630. The first-order valence-corrected chi connectivity index (χ1v) is 6.75. The van der Waals surface area contributed by atoms with Crippen molar-refractivity contribution in [1.82, 2.24) is 0 Å². The van der Waals surface area contributed by atoms with Crippen molar-refractivity contribution in [2.24, 2.45) is 0 Å². The van der Waals surface area contributed by atoms with Crippen molar-refractivity contribution in [3.8, 4) is 0 Å². The van der Waals surface area contributed by atoms with Crippen molar-refractivity contribution in [3.63, 3.8) is 0 Å². The molecule has 4 heteroatoms. The van der Waals surface area contributed by atoms with Gasteiger partial charge in [-0.3, -0.25) is 4.57 Å². The number of hydrogen-bond acceptors (Lipinski definition) is 2. The molecule has 0 radical (unpaired) electrons. The van der Waals surface area contributed by atoms with E-state index in [1.54, 1.807) is 19.1 Å². The summed E-state index contributed by atoms with van der Waals surface area (Å²) < 4.78 is 16.8. The van der Waals surface area contributed by atoms with Crippen LogP contribution in [0.1, 0.15) is 25.8 Å². The monoisotopic (exact) mass is 228 g/mol. The summed E-state index contributed by atoms with van der Waals surface area (Å²) >= 11 is 0. The number of hydrogen-bond donors (Lipinski definition) is 1. The molecule has 15 heavy (non-hydrogen) atoms. The molecule has 3 nitrogen and oxygen atoms in total. The van der Waals surface area contributed by atoms with E-state index in [4.69, 9.17) is 4.52 Å². The third kappa shape index (κ3) is 3.16. The fraction of sp³-hybridized carbons (Fsp3) is 0.455. The molecule has 0 amide bonds. The van der Waals surface area contributed by atoms with Gasteiger partial charge in [-0.15, -0.1) is 0 Å². The second-order valence-electron chi connectivity index (χ2n) is 3.32. The van der Waals surface area contributed by atoms with Gasteiger partial charge in [0, 0.05) is 0 Å². The van der Waals surface area contributed by atoms with Gasteiger partial charge in [0.15, 0.2) is 0 Å². The SMILES string of the molecule is CCCc1ccccc1P(=O)(O)OCC. The van der Waals surface area contributed by atoms with Crippen molar-refractivity contribution >= 4 is 12.9 Å². The number of rotatable bonds is 5. The normalized spacial score (nSPS) is 14.9. The van der Waals surface area contributed by atoms with E-state index in [1.165, 1.54) is 0 Å². The van der Waals surface area contributed by atoms with Gasteiger partial charge in [-0.05, 0) is 25.0 Å². The molecule has 0 fully saturated rings. The molecule has 1 aromatic rings. The Balaban J connectivity index is 3.06. The van der Waals surface area contributed by atoms with Crippen LogP contribution in [-0.2, 0) is 15.5 Å². The standard InChI is InChI=1S/C11H17O3P/c1-3-7-10-8-5-6-9-11(10)15(12,13)14-4-2/h5-6,8-9H,3-4,7H2,1-2H3,(H,12,13). The van der Waals surface area contributed by atoms with Crippen LogP contribution in [0.3, 0.4) is 0 Å². The molecule has 0 bridgehead atoms. The van der Waals surface area contributed by atoms with Crippen molar-refractivity contribution in [2.45, 2.75) is 26.7 Å². The first kappa shape index (κ1) is 12.4. The molecule has 1 N–H and O–H groups in total. The Bertz CT molecular complexity index is 363. The third-order valence-corrected chi connectivity index (χ3v) is 3.77. The minimum atomic E-state index is -3.61. The minimum Gasteiger partial charge on any atom is -0.321 e. The minimum absolute atomic E-state index is 0.244. The number of benzene rings is 1. The summed E-state index contributed by atoms with van der Waals surface area (Å²) in [6, 6.07) is 7.18. The first-order chi connectivity index (χ1) is 7.11. The Morgan fingerprint density at radius 2 is 2.00 bits per heavy atom. The summed E-state index contributed by atoms with van der Waals surface area (Å²) in [5.74, 6) is 0. The van der Waals surface area contributed by atoms with Gasteiger partial charge in [-0.25, -0.2) is 0 Å². The van der Waals surface area contributed by atoms with Gasteiger partial charge in [-0.1, -0.05) is 31.5 Å². The molecule has 0 heterocycles. The third-order valence-electron chi connectivity index (χ3n) is 2.12. The van der Waals surface area contributed by atoms with Crippen LogP contribution in [0.15, 0.2) is 24.3 Å². The van der Waals surface area contributed by atoms with Crippen LogP contribution in [0.4, 0.5) is 0 Å². The molecule has 1 atom stereocenters. The summed E-state index contributed by atoms with van der Waals surface area (Å²) in [5.41, 5.74) is 0.902.